The van der Waals surface area contributed by atoms with Crippen molar-refractivity contribution in [2.45, 2.75) is 19.8 Å². The van der Waals surface area contributed by atoms with Gasteiger partial charge >= 0.3 is 0 Å². The lowest BCUT2D eigenvalue weighted by Crippen LogP contribution is -1.98. The molecule has 0 radical (unpaired) electrons. The van der Waals surface area contributed by atoms with Gasteiger partial charge in [0.25, 0.3) is 0 Å². The van der Waals surface area contributed by atoms with E-state index in [1.165, 1.54) is 16.7 Å². The lowest BCUT2D eigenvalue weighted by Gasteiger charge is -2.14. The van der Waals surface area contributed by atoms with Gasteiger partial charge in [-0.05, 0) is 17.5 Å². The van der Waals surface area contributed by atoms with E-state index < -0.39 is 0 Å². The fraction of sp³-hybridized carbons (Fsp3) is 0.150. The number of hydrogen-bond acceptors (Lipinski definition) is 1. The van der Waals surface area contributed by atoms with Crippen LogP contribution in [-0.2, 0) is 0 Å². The molecule has 0 fully saturated rings. The molecule has 0 unspecified atom stereocenters. The predicted octanol–water partition coefficient (Wildman–Crippen LogP) is 5.54. The number of pyridine rings is 1. The average molecular weight is 273 g/mol. The second kappa shape index (κ2) is 5.92. The third-order valence-corrected chi connectivity index (χ3v) is 3.63. The third kappa shape index (κ3) is 2.87. The maximum absolute atomic E-state index is 4.92. The Hall–Kier alpha value is -2.41. The van der Waals surface area contributed by atoms with Crippen molar-refractivity contribution in [3.63, 3.8) is 0 Å². The van der Waals surface area contributed by atoms with Gasteiger partial charge in [-0.25, -0.2) is 0 Å². The summed E-state index contributed by atoms with van der Waals surface area (Å²) in [5.74, 6) is 0.392. The first kappa shape index (κ1) is 13.6. The summed E-state index contributed by atoms with van der Waals surface area (Å²) >= 11 is 0. The minimum atomic E-state index is 0.392. The Kier molecular flexibility index (Phi) is 3.83. The van der Waals surface area contributed by atoms with Crippen LogP contribution in [0.1, 0.15) is 25.5 Å². The monoisotopic (exact) mass is 273 g/mol. The highest BCUT2D eigenvalue weighted by atomic mass is 14.7. The van der Waals surface area contributed by atoms with Crippen LogP contribution >= 0.6 is 0 Å². The zero-order chi connectivity index (χ0) is 14.7. The highest BCUT2D eigenvalue weighted by Crippen LogP contribution is 2.30. The molecule has 0 N–H and O–H groups in total. The highest BCUT2D eigenvalue weighted by Gasteiger charge is 2.12. The molecule has 0 spiro atoms. The van der Waals surface area contributed by atoms with E-state index in [4.69, 9.17) is 4.98 Å². The van der Waals surface area contributed by atoms with Crippen molar-refractivity contribution in [3.05, 3.63) is 78.5 Å². The number of hydrogen-bond donors (Lipinski definition) is 0. The first-order valence-electron chi connectivity index (χ1n) is 7.37. The van der Waals surface area contributed by atoms with Crippen molar-refractivity contribution in [1.29, 1.82) is 0 Å². The molecular formula is C20H19N. The number of aromatic nitrogens is 1. The summed E-state index contributed by atoms with van der Waals surface area (Å²) < 4.78 is 0. The van der Waals surface area contributed by atoms with Crippen LogP contribution in [-0.4, -0.2) is 4.98 Å². The van der Waals surface area contributed by atoms with Crippen molar-refractivity contribution in [2.24, 2.45) is 0 Å². The van der Waals surface area contributed by atoms with E-state index in [2.05, 4.69) is 74.5 Å². The molecule has 2 aromatic carbocycles. The largest absolute Gasteiger partial charge is 0.252 e. The van der Waals surface area contributed by atoms with Gasteiger partial charge in [-0.1, -0.05) is 80.6 Å². The molecule has 3 aromatic rings. The van der Waals surface area contributed by atoms with E-state index >= 15 is 0 Å². The van der Waals surface area contributed by atoms with Crippen LogP contribution in [0.4, 0.5) is 0 Å². The lowest BCUT2D eigenvalue weighted by atomic mass is 9.96. The lowest BCUT2D eigenvalue weighted by molar-refractivity contribution is 0.827. The van der Waals surface area contributed by atoms with Gasteiger partial charge in [-0.3, -0.25) is 4.98 Å². The highest BCUT2D eigenvalue weighted by molar-refractivity contribution is 5.70. The molecular weight excluding hydrogens is 254 g/mol. The standard InChI is InChI=1S/C20H19N/c1-15(2)20-18(16-9-5-3-6-10-16)13-14-19(21-20)17-11-7-4-8-12-17/h3-15H,1-2H3. The molecule has 0 amide bonds. The molecule has 0 atom stereocenters. The van der Waals surface area contributed by atoms with E-state index in [0.29, 0.717) is 5.92 Å². The van der Waals surface area contributed by atoms with Crippen LogP contribution in [0.15, 0.2) is 72.8 Å². The Labute approximate surface area is 126 Å². The van der Waals surface area contributed by atoms with E-state index in [-0.39, 0.29) is 0 Å². The summed E-state index contributed by atoms with van der Waals surface area (Å²) in [5.41, 5.74) is 5.82. The molecule has 1 nitrogen and oxygen atoms in total. The van der Waals surface area contributed by atoms with Crippen molar-refractivity contribution in [3.8, 4) is 22.4 Å². The van der Waals surface area contributed by atoms with Gasteiger partial charge in [-0.2, -0.15) is 0 Å². The maximum Gasteiger partial charge on any atom is 0.0705 e. The molecule has 0 aliphatic rings. The molecule has 3 rings (SSSR count). The smallest absolute Gasteiger partial charge is 0.0705 e. The molecule has 1 aromatic heterocycles. The molecule has 0 saturated carbocycles. The van der Waals surface area contributed by atoms with Crippen LogP contribution in [0.5, 0.6) is 0 Å². The summed E-state index contributed by atoms with van der Waals surface area (Å²) in [6, 6.07) is 25.1. The summed E-state index contributed by atoms with van der Waals surface area (Å²) in [5, 5.41) is 0. The minimum absolute atomic E-state index is 0.392. The van der Waals surface area contributed by atoms with Gasteiger partial charge in [0.1, 0.15) is 0 Å². The molecule has 0 aliphatic heterocycles. The Morgan fingerprint density at radius 3 is 1.81 bits per heavy atom. The van der Waals surface area contributed by atoms with Crippen molar-refractivity contribution in [1.82, 2.24) is 4.98 Å². The van der Waals surface area contributed by atoms with Gasteiger partial charge in [-0.15, -0.1) is 0 Å². The molecule has 0 saturated heterocycles. The topological polar surface area (TPSA) is 12.9 Å². The van der Waals surface area contributed by atoms with Gasteiger partial charge in [0.05, 0.1) is 11.4 Å². The van der Waals surface area contributed by atoms with Crippen LogP contribution in [0.25, 0.3) is 22.4 Å². The molecule has 0 bridgehead atoms. The van der Waals surface area contributed by atoms with E-state index in [0.717, 1.165) is 11.4 Å². The zero-order valence-corrected chi connectivity index (χ0v) is 12.5. The number of rotatable bonds is 3. The predicted molar refractivity (Wildman–Crippen MR) is 89.2 cm³/mol. The fourth-order valence-corrected chi connectivity index (χ4v) is 2.55. The van der Waals surface area contributed by atoms with Gasteiger partial charge in [0.2, 0.25) is 0 Å². The van der Waals surface area contributed by atoms with Crippen molar-refractivity contribution >= 4 is 0 Å². The summed E-state index contributed by atoms with van der Waals surface area (Å²) in [6.45, 7) is 4.40. The van der Waals surface area contributed by atoms with Crippen LogP contribution < -0.4 is 0 Å². The van der Waals surface area contributed by atoms with Gasteiger partial charge in [0, 0.05) is 11.1 Å². The first-order valence-corrected chi connectivity index (χ1v) is 7.37. The average Bonchev–Trinajstić information content (AvgIpc) is 2.56. The van der Waals surface area contributed by atoms with Crippen LogP contribution in [0.2, 0.25) is 0 Å². The normalized spacial score (nSPS) is 10.8. The number of benzene rings is 2. The third-order valence-electron chi connectivity index (χ3n) is 3.63. The molecule has 0 aliphatic carbocycles. The summed E-state index contributed by atoms with van der Waals surface area (Å²) in [6.07, 6.45) is 0. The Balaban J connectivity index is 2.12. The van der Waals surface area contributed by atoms with E-state index in [1.54, 1.807) is 0 Å². The maximum atomic E-state index is 4.92. The summed E-state index contributed by atoms with van der Waals surface area (Å²) in [4.78, 5) is 4.92. The zero-order valence-electron chi connectivity index (χ0n) is 12.5. The second-order valence-electron chi connectivity index (χ2n) is 5.52. The Morgan fingerprint density at radius 1 is 0.667 bits per heavy atom. The molecule has 1 heteroatoms. The van der Waals surface area contributed by atoms with Gasteiger partial charge in [0.15, 0.2) is 0 Å². The quantitative estimate of drug-likeness (QED) is 0.610. The molecule has 1 heterocycles. The second-order valence-corrected chi connectivity index (χ2v) is 5.52. The summed E-state index contributed by atoms with van der Waals surface area (Å²) in [7, 11) is 0. The van der Waals surface area contributed by atoms with E-state index in [9.17, 15) is 0 Å². The van der Waals surface area contributed by atoms with Crippen LogP contribution in [0.3, 0.4) is 0 Å². The minimum Gasteiger partial charge on any atom is -0.252 e. The first-order chi connectivity index (χ1) is 10.3. The molecule has 21 heavy (non-hydrogen) atoms. The van der Waals surface area contributed by atoms with Crippen molar-refractivity contribution < 1.29 is 0 Å². The number of nitrogens with zero attached hydrogens (tertiary/aromatic N) is 1. The van der Waals surface area contributed by atoms with E-state index in [1.807, 2.05) is 12.1 Å². The van der Waals surface area contributed by atoms with Crippen LogP contribution in [0, 0.1) is 0 Å². The fourth-order valence-electron chi connectivity index (χ4n) is 2.55. The SMILES string of the molecule is CC(C)c1nc(-c2ccccc2)ccc1-c1ccccc1. The Morgan fingerprint density at radius 2 is 1.24 bits per heavy atom. The Bertz CT molecular complexity index is 715. The molecule has 104 valence electrons. The van der Waals surface area contributed by atoms with Gasteiger partial charge < -0.3 is 0 Å². The van der Waals surface area contributed by atoms with Crippen molar-refractivity contribution in [2.75, 3.05) is 0 Å².